The Labute approximate surface area is 165 Å². The lowest BCUT2D eigenvalue weighted by atomic mass is 9.52. The van der Waals surface area contributed by atoms with Gasteiger partial charge in [0.05, 0.1) is 31.3 Å². The van der Waals surface area contributed by atoms with Crippen LogP contribution in [0.4, 0.5) is 0 Å². The van der Waals surface area contributed by atoms with Gasteiger partial charge in [0.2, 0.25) is 5.54 Å². The Balaban J connectivity index is 1.51. The first-order valence-corrected chi connectivity index (χ1v) is 10.3. The summed E-state index contributed by atoms with van der Waals surface area (Å²) in [6.45, 7) is 5.45. The molecule has 0 radical (unpaired) electrons. The average Bonchev–Trinajstić information content (AvgIpc) is 2.99. The first-order chi connectivity index (χ1) is 13.5. The van der Waals surface area contributed by atoms with Gasteiger partial charge in [-0.2, -0.15) is 0 Å². The number of aliphatic imine (C=N–C) groups is 1. The van der Waals surface area contributed by atoms with Crippen LogP contribution in [0.1, 0.15) is 26.2 Å². The van der Waals surface area contributed by atoms with Crippen molar-refractivity contribution in [3.8, 4) is 0 Å². The standard InChI is InChI=1S/C20H30N2O6/c1-12(23)15-16-13-4-3-5-14(26-2)17(13)21-20(16,18(15)24)19(25)28-11-8-22-6-9-27-10-7-22/h12-16,23H,3-11H2,1-2H3/t12-,13-,14-,15-,16-,20?/m1/s1. The molecule has 2 aliphatic carbocycles. The van der Waals surface area contributed by atoms with E-state index in [0.29, 0.717) is 19.8 Å². The van der Waals surface area contributed by atoms with E-state index in [4.69, 9.17) is 14.2 Å². The summed E-state index contributed by atoms with van der Waals surface area (Å²) in [6.07, 6.45) is 1.70. The monoisotopic (exact) mass is 394 g/mol. The van der Waals surface area contributed by atoms with E-state index in [1.807, 2.05) is 0 Å². The average molecular weight is 394 g/mol. The molecule has 0 bridgehead atoms. The number of aliphatic hydroxyl groups is 1. The van der Waals surface area contributed by atoms with E-state index in [-0.39, 0.29) is 30.3 Å². The molecule has 4 rings (SSSR count). The van der Waals surface area contributed by atoms with Crippen LogP contribution < -0.4 is 0 Å². The van der Waals surface area contributed by atoms with Crippen molar-refractivity contribution in [3.05, 3.63) is 0 Å². The van der Waals surface area contributed by atoms with Crippen molar-refractivity contribution in [1.29, 1.82) is 0 Å². The third-order valence-corrected chi connectivity index (χ3v) is 6.84. The highest BCUT2D eigenvalue weighted by Gasteiger charge is 2.74. The summed E-state index contributed by atoms with van der Waals surface area (Å²) in [6, 6.07) is 0. The molecule has 0 aromatic rings. The lowest BCUT2D eigenvalue weighted by Gasteiger charge is -2.49. The number of hydrogen-bond acceptors (Lipinski definition) is 8. The van der Waals surface area contributed by atoms with Crippen molar-refractivity contribution >= 4 is 17.5 Å². The summed E-state index contributed by atoms with van der Waals surface area (Å²) < 4.78 is 16.4. The molecule has 0 amide bonds. The lowest BCUT2D eigenvalue weighted by Crippen LogP contribution is -2.69. The number of nitrogens with zero attached hydrogens (tertiary/aromatic N) is 2. The molecule has 2 aliphatic heterocycles. The molecule has 156 valence electrons. The maximum Gasteiger partial charge on any atom is 0.342 e. The van der Waals surface area contributed by atoms with Crippen LogP contribution in [0, 0.1) is 17.8 Å². The van der Waals surface area contributed by atoms with Gasteiger partial charge >= 0.3 is 5.97 Å². The molecule has 8 nitrogen and oxygen atoms in total. The molecular formula is C20H30N2O6. The Kier molecular flexibility index (Phi) is 5.57. The van der Waals surface area contributed by atoms with E-state index >= 15 is 0 Å². The Morgan fingerprint density at radius 3 is 2.82 bits per heavy atom. The zero-order valence-corrected chi connectivity index (χ0v) is 16.6. The third kappa shape index (κ3) is 3.01. The molecule has 4 aliphatic rings. The van der Waals surface area contributed by atoms with Gasteiger partial charge in [-0.3, -0.25) is 14.7 Å². The predicted octanol–water partition coefficient (Wildman–Crippen LogP) is 0.0662. The SMILES string of the molecule is CO[C@@H]1CCC[C@H]2C1=NC1(C(=O)OCCN3CCOCC3)C(=O)[C@H]([C@@H](C)O)[C@@H]21. The number of ketones is 1. The minimum atomic E-state index is -1.48. The lowest BCUT2D eigenvalue weighted by molar-refractivity contribution is -0.174. The third-order valence-electron chi connectivity index (χ3n) is 6.84. The molecular weight excluding hydrogens is 364 g/mol. The van der Waals surface area contributed by atoms with Crippen molar-refractivity contribution in [2.75, 3.05) is 46.6 Å². The number of methoxy groups -OCH3 is 1. The molecule has 1 N–H and O–H groups in total. The van der Waals surface area contributed by atoms with Crippen LogP contribution in [0.3, 0.4) is 0 Å². The van der Waals surface area contributed by atoms with Crippen molar-refractivity contribution in [1.82, 2.24) is 4.90 Å². The highest BCUT2D eigenvalue weighted by atomic mass is 16.5. The summed E-state index contributed by atoms with van der Waals surface area (Å²) in [4.78, 5) is 32.9. The number of carbonyl (C=O) groups is 2. The van der Waals surface area contributed by atoms with E-state index in [2.05, 4.69) is 9.89 Å². The van der Waals surface area contributed by atoms with Crippen molar-refractivity contribution in [3.63, 3.8) is 0 Å². The van der Waals surface area contributed by atoms with Crippen molar-refractivity contribution in [2.24, 2.45) is 22.7 Å². The van der Waals surface area contributed by atoms with Crippen LogP contribution in [0.5, 0.6) is 0 Å². The van der Waals surface area contributed by atoms with Crippen LogP contribution in [-0.2, 0) is 23.8 Å². The van der Waals surface area contributed by atoms with E-state index < -0.39 is 23.5 Å². The highest BCUT2D eigenvalue weighted by molar-refractivity contribution is 6.20. The molecule has 8 heteroatoms. The van der Waals surface area contributed by atoms with Gasteiger partial charge in [0.15, 0.2) is 5.78 Å². The number of esters is 1. The Morgan fingerprint density at radius 1 is 1.39 bits per heavy atom. The minimum Gasteiger partial charge on any atom is -0.462 e. The second-order valence-electron chi connectivity index (χ2n) is 8.31. The number of aliphatic hydroxyl groups excluding tert-OH is 1. The van der Waals surface area contributed by atoms with Gasteiger partial charge in [-0.25, -0.2) is 4.79 Å². The zero-order valence-electron chi connectivity index (χ0n) is 16.6. The van der Waals surface area contributed by atoms with Crippen LogP contribution in [0.15, 0.2) is 4.99 Å². The highest BCUT2D eigenvalue weighted by Crippen LogP contribution is 2.57. The van der Waals surface area contributed by atoms with Crippen molar-refractivity contribution < 1.29 is 28.9 Å². The summed E-state index contributed by atoms with van der Waals surface area (Å²) >= 11 is 0. The normalized spacial score (nSPS) is 38.8. The van der Waals surface area contributed by atoms with E-state index in [9.17, 15) is 14.7 Å². The largest absolute Gasteiger partial charge is 0.462 e. The molecule has 1 unspecified atom stereocenters. The van der Waals surface area contributed by atoms with Gasteiger partial charge in [-0.05, 0) is 26.2 Å². The summed E-state index contributed by atoms with van der Waals surface area (Å²) in [5, 5.41) is 10.2. The Bertz CT molecular complexity index is 659. The van der Waals surface area contributed by atoms with Crippen LogP contribution in [0.2, 0.25) is 0 Å². The fraction of sp³-hybridized carbons (Fsp3) is 0.850. The molecule has 0 spiro atoms. The first-order valence-electron chi connectivity index (χ1n) is 10.3. The molecule has 2 heterocycles. The summed E-state index contributed by atoms with van der Waals surface area (Å²) in [5.41, 5.74) is -0.672. The number of morpholine rings is 1. The van der Waals surface area contributed by atoms with Gasteiger partial charge < -0.3 is 19.3 Å². The van der Waals surface area contributed by atoms with Gasteiger partial charge in [0, 0.05) is 44.3 Å². The van der Waals surface area contributed by atoms with Crippen LogP contribution in [-0.4, -0.2) is 91.8 Å². The van der Waals surface area contributed by atoms with Gasteiger partial charge in [0.1, 0.15) is 6.61 Å². The van der Waals surface area contributed by atoms with E-state index in [0.717, 1.165) is 38.1 Å². The summed E-state index contributed by atoms with van der Waals surface area (Å²) in [7, 11) is 1.64. The van der Waals surface area contributed by atoms with Crippen molar-refractivity contribution in [2.45, 2.75) is 43.9 Å². The fourth-order valence-electron chi connectivity index (χ4n) is 5.44. The van der Waals surface area contributed by atoms with Gasteiger partial charge in [0.25, 0.3) is 0 Å². The second-order valence-corrected chi connectivity index (χ2v) is 8.31. The minimum absolute atomic E-state index is 0.00259. The number of rotatable bonds is 6. The number of carbonyl (C=O) groups excluding carboxylic acids is 2. The van der Waals surface area contributed by atoms with Gasteiger partial charge in [-0.1, -0.05) is 0 Å². The molecule has 1 saturated heterocycles. The van der Waals surface area contributed by atoms with E-state index in [1.165, 1.54) is 0 Å². The van der Waals surface area contributed by atoms with E-state index in [1.54, 1.807) is 14.0 Å². The Morgan fingerprint density at radius 2 is 2.14 bits per heavy atom. The van der Waals surface area contributed by atoms with Gasteiger partial charge in [-0.15, -0.1) is 0 Å². The molecule has 2 saturated carbocycles. The van der Waals surface area contributed by atoms with Crippen LogP contribution >= 0.6 is 0 Å². The topological polar surface area (TPSA) is 97.7 Å². The zero-order chi connectivity index (χ0) is 19.9. The smallest absolute Gasteiger partial charge is 0.342 e. The molecule has 0 aromatic heterocycles. The second kappa shape index (κ2) is 7.82. The number of ether oxygens (including phenoxy) is 3. The molecule has 28 heavy (non-hydrogen) atoms. The molecule has 6 atom stereocenters. The Hall–Kier alpha value is -1.35. The summed E-state index contributed by atoms with van der Waals surface area (Å²) in [5.74, 6) is -1.75. The fourth-order valence-corrected chi connectivity index (χ4v) is 5.44. The predicted molar refractivity (Wildman–Crippen MR) is 100 cm³/mol. The molecule has 0 aromatic carbocycles. The number of Topliss-reactive ketones (excluding diaryl/α,β-unsaturated/α-hetero) is 1. The number of hydrogen-bond donors (Lipinski definition) is 1. The number of fused-ring (bicyclic) bond motifs is 3. The molecule has 3 fully saturated rings. The maximum atomic E-state index is 13.1. The first kappa shape index (κ1) is 19.9. The quantitative estimate of drug-likeness (QED) is 0.503. The maximum absolute atomic E-state index is 13.1. The van der Waals surface area contributed by atoms with Crippen LogP contribution in [0.25, 0.3) is 0 Å².